The molecule has 1 heterocycles. The van der Waals surface area contributed by atoms with Crippen molar-refractivity contribution in [3.05, 3.63) is 83.9 Å². The normalized spacial score (nSPS) is 17.6. The zero-order chi connectivity index (χ0) is 19.3. The molecule has 0 saturated carbocycles. The lowest BCUT2D eigenvalue weighted by Gasteiger charge is -2.20. The van der Waals surface area contributed by atoms with Crippen LogP contribution >= 0.6 is 0 Å². The molecule has 0 radical (unpaired) electrons. The summed E-state index contributed by atoms with van der Waals surface area (Å²) in [4.78, 5) is 5.54. The van der Waals surface area contributed by atoms with Gasteiger partial charge in [-0.2, -0.15) is 0 Å². The Morgan fingerprint density at radius 1 is 0.964 bits per heavy atom. The van der Waals surface area contributed by atoms with Gasteiger partial charge in [-0.15, -0.1) is 0 Å². The number of oxime groups is 1. The van der Waals surface area contributed by atoms with E-state index in [1.807, 2.05) is 72.8 Å². The Labute approximate surface area is 166 Å². The summed E-state index contributed by atoms with van der Waals surface area (Å²) in [6, 6.07) is 19.8. The highest BCUT2D eigenvalue weighted by Crippen LogP contribution is 2.14. The van der Waals surface area contributed by atoms with Crippen molar-refractivity contribution in [2.24, 2.45) is 5.16 Å². The van der Waals surface area contributed by atoms with Gasteiger partial charge >= 0.3 is 0 Å². The van der Waals surface area contributed by atoms with E-state index in [-0.39, 0.29) is 6.29 Å². The lowest BCUT2D eigenvalue weighted by molar-refractivity contribution is -0.163. The fourth-order valence-electron chi connectivity index (χ4n) is 2.73. The third-order valence-electron chi connectivity index (χ3n) is 4.22. The van der Waals surface area contributed by atoms with Crippen LogP contribution in [-0.2, 0) is 25.7 Å². The quantitative estimate of drug-likeness (QED) is 0.208. The molecule has 0 N–H and O–H groups in total. The van der Waals surface area contributed by atoms with E-state index < -0.39 is 0 Å². The van der Waals surface area contributed by atoms with E-state index in [0.717, 1.165) is 30.4 Å². The van der Waals surface area contributed by atoms with Crippen molar-refractivity contribution >= 4 is 5.90 Å². The summed E-state index contributed by atoms with van der Waals surface area (Å²) in [5.41, 5.74) is 2.03. The first-order valence-corrected chi connectivity index (χ1v) is 9.72. The van der Waals surface area contributed by atoms with Gasteiger partial charge in [-0.3, -0.25) is 0 Å². The van der Waals surface area contributed by atoms with E-state index >= 15 is 0 Å². The summed E-state index contributed by atoms with van der Waals surface area (Å²) >= 11 is 0. The molecule has 28 heavy (non-hydrogen) atoms. The summed E-state index contributed by atoms with van der Waals surface area (Å²) < 4.78 is 17.0. The third kappa shape index (κ3) is 7.18. The van der Waals surface area contributed by atoms with Gasteiger partial charge in [-0.05, 0) is 41.8 Å². The van der Waals surface area contributed by atoms with Crippen molar-refractivity contribution in [1.82, 2.24) is 0 Å². The molecule has 1 fully saturated rings. The average molecular weight is 381 g/mol. The highest BCUT2D eigenvalue weighted by Gasteiger charge is 2.15. The predicted molar refractivity (Wildman–Crippen MR) is 109 cm³/mol. The number of ether oxygens (including phenoxy) is 3. The third-order valence-corrected chi connectivity index (χ3v) is 4.22. The highest BCUT2D eigenvalue weighted by molar-refractivity contribution is 5.93. The SMILES string of the molecule is C(=C\CO/C(=N/OC1CCCCO1)c1ccccc1)/COCc1ccccc1. The van der Waals surface area contributed by atoms with Crippen LogP contribution in [0.4, 0.5) is 0 Å². The Kier molecular flexibility index (Phi) is 8.59. The highest BCUT2D eigenvalue weighted by atomic mass is 16.8. The van der Waals surface area contributed by atoms with Crippen LogP contribution in [-0.4, -0.2) is 32.0 Å². The fourth-order valence-corrected chi connectivity index (χ4v) is 2.73. The second kappa shape index (κ2) is 12.0. The van der Waals surface area contributed by atoms with Crippen LogP contribution in [0.2, 0.25) is 0 Å². The molecular weight excluding hydrogens is 354 g/mol. The van der Waals surface area contributed by atoms with E-state index in [9.17, 15) is 0 Å². The molecule has 0 aliphatic carbocycles. The molecule has 1 atom stereocenters. The van der Waals surface area contributed by atoms with Crippen molar-refractivity contribution in [2.45, 2.75) is 32.2 Å². The second-order valence-electron chi connectivity index (χ2n) is 6.45. The molecule has 2 aromatic rings. The molecule has 1 aliphatic heterocycles. The summed E-state index contributed by atoms with van der Waals surface area (Å²) in [6.07, 6.45) is 6.58. The molecule has 1 saturated heterocycles. The molecule has 3 rings (SSSR count). The second-order valence-corrected chi connectivity index (χ2v) is 6.45. The van der Waals surface area contributed by atoms with Crippen LogP contribution in [0.3, 0.4) is 0 Å². The van der Waals surface area contributed by atoms with Gasteiger partial charge in [-0.1, -0.05) is 54.6 Å². The average Bonchev–Trinajstić information content (AvgIpc) is 2.77. The first kappa shape index (κ1) is 20.1. The van der Waals surface area contributed by atoms with Crippen LogP contribution in [0.15, 0.2) is 78.0 Å². The zero-order valence-electron chi connectivity index (χ0n) is 16.0. The van der Waals surface area contributed by atoms with Crippen molar-refractivity contribution in [3.8, 4) is 0 Å². The van der Waals surface area contributed by atoms with E-state index in [0.29, 0.717) is 32.3 Å². The lowest BCUT2D eigenvalue weighted by atomic mass is 10.2. The molecule has 0 spiro atoms. The molecule has 5 nitrogen and oxygen atoms in total. The maximum Gasteiger partial charge on any atom is 0.258 e. The van der Waals surface area contributed by atoms with Crippen LogP contribution < -0.4 is 0 Å². The molecule has 2 aromatic carbocycles. The van der Waals surface area contributed by atoms with Gasteiger partial charge in [-0.25, -0.2) is 0 Å². The van der Waals surface area contributed by atoms with E-state index in [2.05, 4.69) is 5.16 Å². The Balaban J connectivity index is 1.44. The standard InChI is InChI=1S/C23H27NO4/c1-3-11-20(12-4-1)19-25-16-9-10-18-27-23(21-13-5-2-6-14-21)24-28-22-15-7-8-17-26-22/h1-6,9-14,22H,7-8,15-19H2/b10-9+,24-23+. The van der Waals surface area contributed by atoms with E-state index in [4.69, 9.17) is 19.0 Å². The van der Waals surface area contributed by atoms with Gasteiger partial charge in [0.1, 0.15) is 6.61 Å². The van der Waals surface area contributed by atoms with Crippen molar-refractivity contribution in [1.29, 1.82) is 0 Å². The molecule has 0 bridgehead atoms. The van der Waals surface area contributed by atoms with Crippen molar-refractivity contribution < 1.29 is 19.0 Å². The number of rotatable bonds is 9. The minimum atomic E-state index is -0.294. The topological polar surface area (TPSA) is 49.3 Å². The summed E-state index contributed by atoms with van der Waals surface area (Å²) in [7, 11) is 0. The monoisotopic (exact) mass is 381 g/mol. The van der Waals surface area contributed by atoms with Gasteiger partial charge in [0.05, 0.1) is 19.8 Å². The number of nitrogens with zero attached hydrogens (tertiary/aromatic N) is 1. The number of benzene rings is 2. The molecule has 0 amide bonds. The van der Waals surface area contributed by atoms with Crippen LogP contribution in [0.1, 0.15) is 30.4 Å². The Bertz CT molecular complexity index is 725. The molecule has 148 valence electrons. The molecule has 1 aliphatic rings. The summed E-state index contributed by atoms with van der Waals surface area (Å²) in [5.74, 6) is 0.449. The largest absolute Gasteiger partial charge is 0.471 e. The first-order valence-electron chi connectivity index (χ1n) is 9.72. The molecule has 5 heteroatoms. The van der Waals surface area contributed by atoms with E-state index in [1.54, 1.807) is 0 Å². The van der Waals surface area contributed by atoms with Crippen molar-refractivity contribution in [3.63, 3.8) is 0 Å². The minimum absolute atomic E-state index is 0.294. The van der Waals surface area contributed by atoms with Crippen molar-refractivity contribution in [2.75, 3.05) is 19.8 Å². The Morgan fingerprint density at radius 3 is 2.46 bits per heavy atom. The van der Waals surface area contributed by atoms with Gasteiger partial charge in [0, 0.05) is 12.0 Å². The maximum atomic E-state index is 5.81. The molecule has 1 unspecified atom stereocenters. The summed E-state index contributed by atoms with van der Waals surface area (Å²) in [5, 5.41) is 4.20. The number of hydrogen-bond donors (Lipinski definition) is 0. The zero-order valence-corrected chi connectivity index (χ0v) is 16.0. The Morgan fingerprint density at radius 2 is 1.71 bits per heavy atom. The van der Waals surface area contributed by atoms with Crippen LogP contribution in [0, 0.1) is 0 Å². The fraction of sp³-hybridized carbons (Fsp3) is 0.348. The Hall–Kier alpha value is -2.63. The van der Waals surface area contributed by atoms with Gasteiger partial charge < -0.3 is 19.0 Å². The number of hydrogen-bond acceptors (Lipinski definition) is 5. The maximum absolute atomic E-state index is 5.81. The molecule has 0 aromatic heterocycles. The van der Waals surface area contributed by atoms with Crippen LogP contribution in [0.5, 0.6) is 0 Å². The lowest BCUT2D eigenvalue weighted by Crippen LogP contribution is -2.21. The van der Waals surface area contributed by atoms with E-state index in [1.165, 1.54) is 0 Å². The van der Waals surface area contributed by atoms with Gasteiger partial charge in [0.2, 0.25) is 6.29 Å². The van der Waals surface area contributed by atoms with Gasteiger partial charge in [0.25, 0.3) is 5.90 Å². The summed E-state index contributed by atoms with van der Waals surface area (Å²) in [6.45, 7) is 2.23. The minimum Gasteiger partial charge on any atom is -0.471 e. The molecular formula is C23H27NO4. The smallest absolute Gasteiger partial charge is 0.258 e. The van der Waals surface area contributed by atoms with Crippen LogP contribution in [0.25, 0.3) is 0 Å². The van der Waals surface area contributed by atoms with Gasteiger partial charge in [0.15, 0.2) is 0 Å². The first-order chi connectivity index (χ1) is 13.9. The predicted octanol–water partition coefficient (Wildman–Crippen LogP) is 4.68.